The molecule has 6 heteroatoms. The molecule has 0 aliphatic carbocycles. The van der Waals surface area contributed by atoms with Gasteiger partial charge in [-0.25, -0.2) is 4.79 Å². The third kappa shape index (κ3) is 4.20. The lowest BCUT2D eigenvalue weighted by atomic mass is 11.0. The molecule has 0 fully saturated rings. The van der Waals surface area contributed by atoms with E-state index in [-0.39, 0.29) is 0 Å². The second-order valence-electron chi connectivity index (χ2n) is 1.02. The van der Waals surface area contributed by atoms with Crippen molar-refractivity contribution in [3.8, 4) is 0 Å². The van der Waals surface area contributed by atoms with Crippen molar-refractivity contribution in [1.29, 1.82) is 0 Å². The molecule has 0 rings (SSSR count). The van der Waals surface area contributed by atoms with E-state index in [9.17, 15) is 13.2 Å². The second kappa shape index (κ2) is 3.66. The van der Waals surface area contributed by atoms with Crippen LogP contribution < -0.4 is 0 Å². The van der Waals surface area contributed by atoms with Crippen LogP contribution in [0.1, 0.15) is 6.92 Å². The lowest BCUT2D eigenvalue weighted by Crippen LogP contribution is -1.86. The molecule has 0 radical (unpaired) electrons. The first-order valence-electron chi connectivity index (χ1n) is 2.11. The summed E-state index contributed by atoms with van der Waals surface area (Å²) in [4.78, 5) is 9.41. The molecule has 0 aromatic carbocycles. The van der Waals surface area contributed by atoms with Crippen LogP contribution in [0.15, 0.2) is 4.40 Å². The smallest absolute Gasteiger partial charge is 0.210 e. The number of hydrogen-bond acceptors (Lipinski definition) is 4. The van der Waals surface area contributed by atoms with Crippen LogP contribution in [-0.4, -0.2) is 20.3 Å². The van der Waals surface area contributed by atoms with Crippen molar-refractivity contribution in [3.63, 3.8) is 0 Å². The van der Waals surface area contributed by atoms with Crippen LogP contribution in [0.5, 0.6) is 0 Å². The number of nitrogens with zero attached hydrogens (tertiary/aromatic N) is 1. The Morgan fingerprint density at radius 3 is 2.56 bits per heavy atom. The molecule has 0 unspecified atom stereocenters. The highest BCUT2D eigenvalue weighted by Crippen LogP contribution is 2.11. The highest BCUT2D eigenvalue weighted by atomic mass is 33.1. The number of rotatable bonds is 3. The minimum absolute atomic E-state index is 0.382. The summed E-state index contributed by atoms with van der Waals surface area (Å²) in [6, 6.07) is 0. The zero-order valence-electron chi connectivity index (χ0n) is 4.70. The Kier molecular flexibility index (Phi) is 3.53. The highest BCUT2D eigenvalue weighted by Gasteiger charge is 2.04. The summed E-state index contributed by atoms with van der Waals surface area (Å²) >= 11 is 0. The fraction of sp³-hybridized carbons (Fsp3) is 0.667. The minimum Gasteiger partial charge on any atom is -0.210 e. The molecule has 0 aliphatic heterocycles. The summed E-state index contributed by atoms with van der Waals surface area (Å²) in [5, 5.41) is 0. The van der Waals surface area contributed by atoms with E-state index in [4.69, 9.17) is 0 Å². The topological polar surface area (TPSA) is 63.6 Å². The Balaban J connectivity index is 4.22. The summed E-state index contributed by atoms with van der Waals surface area (Å²) in [5.41, 5.74) is 0. The molecule has 0 aromatic heterocycles. The maximum Gasteiger partial charge on any atom is 0.317 e. The lowest BCUT2D eigenvalue weighted by Gasteiger charge is -1.86. The Bertz CT molecular complexity index is 213. The van der Waals surface area contributed by atoms with Gasteiger partial charge in [-0.2, -0.15) is 8.42 Å². The van der Waals surface area contributed by atoms with Gasteiger partial charge in [0.1, 0.15) is 0 Å². The van der Waals surface area contributed by atoms with Gasteiger partial charge in [0.05, 0.1) is 0 Å². The molecule has 0 saturated carbocycles. The summed E-state index contributed by atoms with van der Waals surface area (Å²) in [7, 11) is -2.96. The van der Waals surface area contributed by atoms with Gasteiger partial charge in [-0.3, -0.25) is 0 Å². The molecule has 0 atom stereocenters. The third-order valence-corrected chi connectivity index (χ3v) is 3.07. The highest BCUT2D eigenvalue weighted by molar-refractivity contribution is 8.71. The van der Waals surface area contributed by atoms with Gasteiger partial charge in [0.15, 0.2) is 0 Å². The van der Waals surface area contributed by atoms with E-state index in [1.54, 1.807) is 6.92 Å². The molecule has 0 N–H and O–H groups in total. The van der Waals surface area contributed by atoms with Gasteiger partial charge >= 0.3 is 9.06 Å². The van der Waals surface area contributed by atoms with E-state index in [0.29, 0.717) is 16.5 Å². The van der Waals surface area contributed by atoms with Crippen molar-refractivity contribution < 1.29 is 13.2 Å². The van der Waals surface area contributed by atoms with E-state index < -0.39 is 9.06 Å². The van der Waals surface area contributed by atoms with Crippen molar-refractivity contribution in [2.24, 2.45) is 4.40 Å². The molecule has 0 amide bonds. The fourth-order valence-electron chi connectivity index (χ4n) is 0.221. The first kappa shape index (κ1) is 8.68. The maximum atomic E-state index is 10.4. The van der Waals surface area contributed by atoms with Gasteiger partial charge in [-0.1, -0.05) is 11.3 Å². The standard InChI is InChI=1S/C3H5NO3S2/c1-2-8-9(6,7)4-3-5/h2H2,1H3. The molecule has 0 aromatic rings. The van der Waals surface area contributed by atoms with Crippen molar-refractivity contribution >= 4 is 25.9 Å². The molecule has 0 saturated heterocycles. The molecule has 0 bridgehead atoms. The van der Waals surface area contributed by atoms with Crippen LogP contribution in [0, 0.1) is 0 Å². The van der Waals surface area contributed by atoms with Crippen molar-refractivity contribution in [2.45, 2.75) is 6.92 Å². The molecule has 52 valence electrons. The summed E-state index contributed by atoms with van der Waals surface area (Å²) in [6.07, 6.45) is 0.959. The summed E-state index contributed by atoms with van der Waals surface area (Å²) < 4.78 is 23.3. The van der Waals surface area contributed by atoms with Gasteiger partial charge in [0.25, 0.3) is 6.08 Å². The van der Waals surface area contributed by atoms with Crippen LogP contribution in [0.2, 0.25) is 0 Å². The van der Waals surface area contributed by atoms with Gasteiger partial charge < -0.3 is 0 Å². The Morgan fingerprint density at radius 2 is 2.22 bits per heavy atom. The second-order valence-corrected chi connectivity index (χ2v) is 4.84. The van der Waals surface area contributed by atoms with Crippen LogP contribution >= 0.6 is 10.8 Å². The third-order valence-electron chi connectivity index (χ3n) is 0.416. The maximum absolute atomic E-state index is 10.4. The Labute approximate surface area is 56.8 Å². The lowest BCUT2D eigenvalue weighted by molar-refractivity contribution is 0.564. The molecule has 0 spiro atoms. The van der Waals surface area contributed by atoms with Crippen molar-refractivity contribution in [3.05, 3.63) is 0 Å². The average Bonchev–Trinajstić information content (AvgIpc) is 1.64. The van der Waals surface area contributed by atoms with E-state index in [2.05, 4.69) is 4.40 Å². The SMILES string of the molecule is CCSS(=O)(=O)N=C=O. The number of hydrogen-bond donors (Lipinski definition) is 0. The van der Waals surface area contributed by atoms with E-state index >= 15 is 0 Å². The first-order chi connectivity index (χ1) is 4.12. The predicted octanol–water partition coefficient (Wildman–Crippen LogP) is 0.320. The molecule has 0 aliphatic rings. The zero-order chi connectivity index (χ0) is 7.33. The van der Waals surface area contributed by atoms with Crippen LogP contribution in [0.3, 0.4) is 0 Å². The summed E-state index contributed by atoms with van der Waals surface area (Å²) in [6.45, 7) is 1.66. The van der Waals surface area contributed by atoms with Gasteiger partial charge in [0, 0.05) is 5.75 Å². The van der Waals surface area contributed by atoms with E-state index in [1.807, 2.05) is 0 Å². The molecular formula is C3H5NO3S2. The Hall–Kier alpha value is -0.320. The molecule has 4 nitrogen and oxygen atoms in total. The summed E-state index contributed by atoms with van der Waals surface area (Å²) in [5.74, 6) is 0.382. The largest absolute Gasteiger partial charge is 0.317 e. The van der Waals surface area contributed by atoms with Crippen LogP contribution in [-0.2, 0) is 13.8 Å². The van der Waals surface area contributed by atoms with Gasteiger partial charge in [0.2, 0.25) is 0 Å². The van der Waals surface area contributed by atoms with Gasteiger partial charge in [-0.05, 0) is 10.8 Å². The quantitative estimate of drug-likeness (QED) is 0.345. The Morgan fingerprint density at radius 1 is 1.67 bits per heavy atom. The monoisotopic (exact) mass is 167 g/mol. The van der Waals surface area contributed by atoms with E-state index in [1.165, 1.54) is 0 Å². The van der Waals surface area contributed by atoms with Crippen LogP contribution in [0.25, 0.3) is 0 Å². The first-order valence-corrected chi connectivity index (χ1v) is 5.05. The predicted molar refractivity (Wildman–Crippen MR) is 35.2 cm³/mol. The fourth-order valence-corrected chi connectivity index (χ4v) is 1.81. The number of isocyanates is 1. The molecule has 0 heterocycles. The molecular weight excluding hydrogens is 162 g/mol. The van der Waals surface area contributed by atoms with Crippen molar-refractivity contribution in [2.75, 3.05) is 5.75 Å². The van der Waals surface area contributed by atoms with Gasteiger partial charge in [-0.15, -0.1) is 0 Å². The minimum atomic E-state index is -3.56. The molecule has 9 heavy (non-hydrogen) atoms. The van der Waals surface area contributed by atoms with Crippen LogP contribution in [0.4, 0.5) is 0 Å². The normalized spacial score (nSPS) is 10.3. The van der Waals surface area contributed by atoms with Crippen molar-refractivity contribution in [1.82, 2.24) is 0 Å². The zero-order valence-corrected chi connectivity index (χ0v) is 6.33. The van der Waals surface area contributed by atoms with E-state index in [0.717, 1.165) is 6.08 Å². The average molecular weight is 167 g/mol. The number of carbonyl (C=O) groups excluding carboxylic acids is 1.